The number of hydrogen-bond donors (Lipinski definition) is 1. The Morgan fingerprint density at radius 3 is 2.67 bits per heavy atom. The minimum atomic E-state index is -0.401. The maximum atomic E-state index is 13.5. The molecule has 0 aliphatic heterocycles. The predicted molar refractivity (Wildman–Crippen MR) is 58.0 cm³/mol. The lowest BCUT2D eigenvalue weighted by atomic mass is 10.1. The SMILES string of the molecule is Cn1ncc(-c2ccc(Cl)cc2F)c1N. The molecule has 0 fully saturated rings. The smallest absolute Gasteiger partial charge is 0.132 e. The molecule has 1 aromatic carbocycles. The number of aromatic nitrogens is 2. The summed E-state index contributed by atoms with van der Waals surface area (Å²) in [5.41, 5.74) is 6.73. The molecule has 1 heterocycles. The Morgan fingerprint density at radius 1 is 1.40 bits per heavy atom. The molecule has 15 heavy (non-hydrogen) atoms. The zero-order valence-corrected chi connectivity index (χ0v) is 8.79. The van der Waals surface area contributed by atoms with Crippen molar-refractivity contribution in [2.45, 2.75) is 0 Å². The van der Waals surface area contributed by atoms with Crippen molar-refractivity contribution >= 4 is 17.4 Å². The van der Waals surface area contributed by atoms with Crippen LogP contribution in [-0.2, 0) is 7.05 Å². The fraction of sp³-hybridized carbons (Fsp3) is 0.100. The summed E-state index contributed by atoms with van der Waals surface area (Å²) in [4.78, 5) is 0. The summed E-state index contributed by atoms with van der Waals surface area (Å²) in [7, 11) is 1.70. The van der Waals surface area contributed by atoms with Crippen LogP contribution in [0.25, 0.3) is 11.1 Å². The van der Waals surface area contributed by atoms with Gasteiger partial charge >= 0.3 is 0 Å². The first kappa shape index (κ1) is 9.98. The van der Waals surface area contributed by atoms with Gasteiger partial charge in [0.25, 0.3) is 0 Å². The van der Waals surface area contributed by atoms with Crippen molar-refractivity contribution in [2.24, 2.45) is 7.05 Å². The van der Waals surface area contributed by atoms with Crippen LogP contribution in [0.3, 0.4) is 0 Å². The average Bonchev–Trinajstić information content (AvgIpc) is 2.49. The average molecular weight is 226 g/mol. The van der Waals surface area contributed by atoms with E-state index in [1.807, 2.05) is 0 Å². The molecule has 2 rings (SSSR count). The maximum absolute atomic E-state index is 13.5. The number of aryl methyl sites for hydroxylation is 1. The monoisotopic (exact) mass is 225 g/mol. The predicted octanol–water partition coefficient (Wildman–Crippen LogP) is 2.46. The van der Waals surface area contributed by atoms with Gasteiger partial charge in [-0.1, -0.05) is 11.6 Å². The highest BCUT2D eigenvalue weighted by atomic mass is 35.5. The van der Waals surface area contributed by atoms with Crippen LogP contribution in [0.5, 0.6) is 0 Å². The first-order valence-electron chi connectivity index (χ1n) is 4.32. The third kappa shape index (κ3) is 1.68. The van der Waals surface area contributed by atoms with Crippen molar-refractivity contribution in [1.29, 1.82) is 0 Å². The second-order valence-corrected chi connectivity index (χ2v) is 3.63. The van der Waals surface area contributed by atoms with Crippen LogP contribution in [-0.4, -0.2) is 9.78 Å². The first-order chi connectivity index (χ1) is 7.09. The van der Waals surface area contributed by atoms with Gasteiger partial charge in [-0.2, -0.15) is 5.10 Å². The van der Waals surface area contributed by atoms with Crippen LogP contribution in [0.2, 0.25) is 5.02 Å². The molecule has 0 bridgehead atoms. The van der Waals surface area contributed by atoms with E-state index in [1.54, 1.807) is 19.2 Å². The Hall–Kier alpha value is -1.55. The van der Waals surface area contributed by atoms with Gasteiger partial charge in [-0.05, 0) is 18.2 Å². The lowest BCUT2D eigenvalue weighted by Crippen LogP contribution is -1.98. The van der Waals surface area contributed by atoms with Crippen LogP contribution in [0, 0.1) is 5.82 Å². The van der Waals surface area contributed by atoms with Gasteiger partial charge in [-0.3, -0.25) is 4.68 Å². The zero-order valence-electron chi connectivity index (χ0n) is 8.04. The molecule has 2 N–H and O–H groups in total. The van der Waals surface area contributed by atoms with Crippen molar-refractivity contribution in [1.82, 2.24) is 9.78 Å². The number of hydrogen-bond acceptors (Lipinski definition) is 2. The van der Waals surface area contributed by atoms with E-state index >= 15 is 0 Å². The van der Waals surface area contributed by atoms with Crippen molar-refractivity contribution in [3.8, 4) is 11.1 Å². The highest BCUT2D eigenvalue weighted by Gasteiger charge is 2.11. The molecule has 0 aliphatic rings. The quantitative estimate of drug-likeness (QED) is 0.810. The number of nitrogens with two attached hydrogens (primary N) is 1. The van der Waals surface area contributed by atoms with E-state index in [9.17, 15) is 4.39 Å². The number of benzene rings is 1. The van der Waals surface area contributed by atoms with Crippen molar-refractivity contribution < 1.29 is 4.39 Å². The summed E-state index contributed by atoms with van der Waals surface area (Å²) >= 11 is 5.66. The molecule has 0 unspecified atom stereocenters. The summed E-state index contributed by atoms with van der Waals surface area (Å²) in [5, 5.41) is 4.31. The fourth-order valence-corrected chi connectivity index (χ4v) is 1.52. The molecule has 5 heteroatoms. The molecule has 0 spiro atoms. The molecule has 1 aromatic heterocycles. The summed E-state index contributed by atoms with van der Waals surface area (Å²) in [6.07, 6.45) is 1.53. The summed E-state index contributed by atoms with van der Waals surface area (Å²) in [6, 6.07) is 4.46. The molecule has 0 radical (unpaired) electrons. The second kappa shape index (κ2) is 3.55. The molecular formula is C10H9ClFN3. The number of nitrogen functional groups attached to an aromatic ring is 1. The maximum Gasteiger partial charge on any atom is 0.132 e. The topological polar surface area (TPSA) is 43.8 Å². The Kier molecular flexibility index (Phi) is 2.36. The highest BCUT2D eigenvalue weighted by Crippen LogP contribution is 2.28. The molecular weight excluding hydrogens is 217 g/mol. The molecule has 2 aromatic rings. The van der Waals surface area contributed by atoms with Gasteiger partial charge in [0.05, 0.1) is 6.20 Å². The van der Waals surface area contributed by atoms with E-state index in [2.05, 4.69) is 5.10 Å². The van der Waals surface area contributed by atoms with Crippen LogP contribution >= 0.6 is 11.6 Å². The molecule has 3 nitrogen and oxygen atoms in total. The number of halogens is 2. The minimum absolute atomic E-state index is 0.360. The molecule has 0 amide bonds. The van der Waals surface area contributed by atoms with Gasteiger partial charge < -0.3 is 5.73 Å². The minimum Gasteiger partial charge on any atom is -0.383 e. The van der Waals surface area contributed by atoms with Crippen LogP contribution in [0.1, 0.15) is 0 Å². The number of anilines is 1. The van der Waals surface area contributed by atoms with Crippen LogP contribution in [0.4, 0.5) is 10.2 Å². The number of nitrogens with zero attached hydrogens (tertiary/aromatic N) is 2. The summed E-state index contributed by atoms with van der Waals surface area (Å²) in [5.74, 6) is 0.0263. The van der Waals surface area contributed by atoms with E-state index in [-0.39, 0.29) is 0 Å². The number of rotatable bonds is 1. The molecule has 0 saturated carbocycles. The van der Waals surface area contributed by atoms with Gasteiger partial charge in [-0.15, -0.1) is 0 Å². The van der Waals surface area contributed by atoms with E-state index in [4.69, 9.17) is 17.3 Å². The molecule has 78 valence electrons. The molecule has 0 saturated heterocycles. The highest BCUT2D eigenvalue weighted by molar-refractivity contribution is 6.30. The first-order valence-corrected chi connectivity index (χ1v) is 4.70. The van der Waals surface area contributed by atoms with E-state index in [0.717, 1.165) is 0 Å². The van der Waals surface area contributed by atoms with Crippen molar-refractivity contribution in [2.75, 3.05) is 5.73 Å². The Labute approximate surface area is 91.3 Å². The van der Waals surface area contributed by atoms with Gasteiger partial charge in [0.15, 0.2) is 0 Å². The van der Waals surface area contributed by atoms with E-state index in [0.29, 0.717) is 22.0 Å². The van der Waals surface area contributed by atoms with Gasteiger partial charge in [0.2, 0.25) is 0 Å². The Morgan fingerprint density at radius 2 is 2.13 bits per heavy atom. The summed E-state index contributed by atoms with van der Waals surface area (Å²) in [6.45, 7) is 0. The third-order valence-corrected chi connectivity index (χ3v) is 2.44. The standard InChI is InChI=1S/C10H9ClFN3/c1-15-10(13)8(5-14-15)7-3-2-6(11)4-9(7)12/h2-5H,13H2,1H3. The van der Waals surface area contributed by atoms with Crippen LogP contribution in [0.15, 0.2) is 24.4 Å². The van der Waals surface area contributed by atoms with Crippen molar-refractivity contribution in [3.63, 3.8) is 0 Å². The lowest BCUT2D eigenvalue weighted by Gasteiger charge is -2.02. The van der Waals surface area contributed by atoms with Crippen molar-refractivity contribution in [3.05, 3.63) is 35.2 Å². The van der Waals surface area contributed by atoms with Crippen LogP contribution < -0.4 is 5.73 Å². The third-order valence-electron chi connectivity index (χ3n) is 2.21. The van der Waals surface area contributed by atoms with Gasteiger partial charge in [-0.25, -0.2) is 4.39 Å². The molecule has 0 aliphatic carbocycles. The van der Waals surface area contributed by atoms with E-state index < -0.39 is 5.82 Å². The fourth-order valence-electron chi connectivity index (χ4n) is 1.36. The molecule has 0 atom stereocenters. The van der Waals surface area contributed by atoms with E-state index in [1.165, 1.54) is 16.9 Å². The van der Waals surface area contributed by atoms with Gasteiger partial charge in [0, 0.05) is 23.2 Å². The Balaban J connectivity index is 2.59. The zero-order chi connectivity index (χ0) is 11.0. The normalized spacial score (nSPS) is 10.6. The largest absolute Gasteiger partial charge is 0.383 e. The second-order valence-electron chi connectivity index (χ2n) is 3.19. The van der Waals surface area contributed by atoms with Gasteiger partial charge in [0.1, 0.15) is 11.6 Å². The lowest BCUT2D eigenvalue weighted by molar-refractivity contribution is 0.631. The Bertz CT molecular complexity index is 507. The summed E-state index contributed by atoms with van der Waals surface area (Å²) < 4.78 is 15.0.